The van der Waals surface area contributed by atoms with E-state index in [0.29, 0.717) is 19.6 Å². The second-order valence-corrected chi connectivity index (χ2v) is 7.59. The average Bonchev–Trinajstić information content (AvgIpc) is 2.54. The third-order valence-corrected chi connectivity index (χ3v) is 4.45. The van der Waals surface area contributed by atoms with Crippen molar-refractivity contribution in [1.29, 1.82) is 0 Å². The fraction of sp³-hybridized carbons (Fsp3) is 0.600. The van der Waals surface area contributed by atoms with Crippen molar-refractivity contribution >= 4 is 12.1 Å². The number of piperidine rings is 1. The summed E-state index contributed by atoms with van der Waals surface area (Å²) < 4.78 is 10.8. The molecule has 0 aliphatic carbocycles. The summed E-state index contributed by atoms with van der Waals surface area (Å²) in [6.07, 6.45) is 0.237. The summed E-state index contributed by atoms with van der Waals surface area (Å²) in [5.41, 5.74) is 0.498. The van der Waals surface area contributed by atoms with Gasteiger partial charge in [0.05, 0.1) is 12.5 Å². The molecule has 1 aliphatic heterocycles. The molecule has 1 aliphatic rings. The number of nitrogens with zero attached hydrogens (tertiary/aromatic N) is 1. The number of amides is 1. The van der Waals surface area contributed by atoms with Gasteiger partial charge >= 0.3 is 12.1 Å². The van der Waals surface area contributed by atoms with Gasteiger partial charge in [-0.1, -0.05) is 30.3 Å². The summed E-state index contributed by atoms with van der Waals surface area (Å²) in [6.45, 7) is 10.2. The summed E-state index contributed by atoms with van der Waals surface area (Å²) in [5.74, 6) is -0.535. The van der Waals surface area contributed by atoms with Crippen LogP contribution < -0.4 is 0 Å². The van der Waals surface area contributed by atoms with E-state index >= 15 is 0 Å². The zero-order valence-electron chi connectivity index (χ0n) is 15.8. The number of hydrogen-bond donors (Lipinski definition) is 0. The van der Waals surface area contributed by atoms with Gasteiger partial charge in [0.25, 0.3) is 0 Å². The predicted molar refractivity (Wildman–Crippen MR) is 96.3 cm³/mol. The Balaban J connectivity index is 2.26. The summed E-state index contributed by atoms with van der Waals surface area (Å²) in [7, 11) is 0. The van der Waals surface area contributed by atoms with Crippen LogP contribution in [0.4, 0.5) is 4.79 Å². The van der Waals surface area contributed by atoms with Crippen LogP contribution in [0.15, 0.2) is 30.3 Å². The van der Waals surface area contributed by atoms with Gasteiger partial charge < -0.3 is 14.4 Å². The van der Waals surface area contributed by atoms with E-state index in [1.807, 2.05) is 65.0 Å². The lowest BCUT2D eigenvalue weighted by molar-refractivity contribution is -0.151. The van der Waals surface area contributed by atoms with Crippen molar-refractivity contribution in [2.24, 2.45) is 5.92 Å². The molecule has 0 radical (unpaired) electrons. The number of carbonyl (C=O) groups is 2. The molecule has 1 aromatic carbocycles. The SMILES string of the molecule is CCOC(=O)C1C[C@@H](C)N(C(=O)OC(C)(C)C)CC1c1ccccc1. The Bertz CT molecular complexity index is 593. The number of rotatable bonds is 3. The fourth-order valence-electron chi connectivity index (χ4n) is 3.30. The first kappa shape index (κ1) is 19.3. The molecule has 1 fully saturated rings. The average molecular weight is 347 g/mol. The van der Waals surface area contributed by atoms with E-state index in [2.05, 4.69) is 0 Å². The van der Waals surface area contributed by atoms with Gasteiger partial charge in [0.15, 0.2) is 0 Å². The van der Waals surface area contributed by atoms with Crippen LogP contribution in [-0.4, -0.2) is 41.8 Å². The molecule has 2 rings (SSSR count). The first-order chi connectivity index (χ1) is 11.7. The van der Waals surface area contributed by atoms with Crippen LogP contribution in [0.5, 0.6) is 0 Å². The van der Waals surface area contributed by atoms with E-state index in [1.165, 1.54) is 0 Å². The van der Waals surface area contributed by atoms with E-state index in [0.717, 1.165) is 5.56 Å². The molecule has 0 saturated carbocycles. The first-order valence-electron chi connectivity index (χ1n) is 8.94. The molecule has 138 valence electrons. The monoisotopic (exact) mass is 347 g/mol. The van der Waals surface area contributed by atoms with Crippen molar-refractivity contribution < 1.29 is 19.1 Å². The number of benzene rings is 1. The second kappa shape index (κ2) is 7.89. The third-order valence-electron chi connectivity index (χ3n) is 4.45. The van der Waals surface area contributed by atoms with Crippen molar-refractivity contribution in [3.8, 4) is 0 Å². The number of ether oxygens (including phenoxy) is 2. The Morgan fingerprint density at radius 3 is 2.40 bits per heavy atom. The van der Waals surface area contributed by atoms with Crippen molar-refractivity contribution in [1.82, 2.24) is 4.90 Å². The smallest absolute Gasteiger partial charge is 0.410 e. The summed E-state index contributed by atoms with van der Waals surface area (Å²) in [5, 5.41) is 0. The largest absolute Gasteiger partial charge is 0.466 e. The van der Waals surface area contributed by atoms with Gasteiger partial charge in [-0.25, -0.2) is 4.79 Å². The van der Waals surface area contributed by atoms with Gasteiger partial charge in [-0.3, -0.25) is 4.79 Å². The van der Waals surface area contributed by atoms with Gasteiger partial charge in [0.1, 0.15) is 5.60 Å². The van der Waals surface area contributed by atoms with Gasteiger partial charge in [0, 0.05) is 18.5 Å². The highest BCUT2D eigenvalue weighted by atomic mass is 16.6. The summed E-state index contributed by atoms with van der Waals surface area (Å²) in [4.78, 5) is 26.8. The zero-order valence-corrected chi connectivity index (χ0v) is 15.8. The Morgan fingerprint density at radius 1 is 1.20 bits per heavy atom. The molecule has 5 nitrogen and oxygen atoms in total. The van der Waals surface area contributed by atoms with Crippen LogP contribution in [0.3, 0.4) is 0 Å². The van der Waals surface area contributed by atoms with E-state index in [9.17, 15) is 9.59 Å². The molecule has 1 amide bonds. The highest BCUT2D eigenvalue weighted by Gasteiger charge is 2.42. The molecule has 2 unspecified atom stereocenters. The lowest BCUT2D eigenvalue weighted by atomic mass is 9.78. The predicted octanol–water partition coefficient (Wildman–Crippen LogP) is 3.98. The lowest BCUT2D eigenvalue weighted by Crippen LogP contribution is -2.51. The van der Waals surface area contributed by atoms with Crippen molar-refractivity contribution in [2.75, 3.05) is 13.2 Å². The van der Waals surface area contributed by atoms with Crippen LogP contribution in [0.25, 0.3) is 0 Å². The van der Waals surface area contributed by atoms with E-state index in [-0.39, 0.29) is 29.9 Å². The molecule has 25 heavy (non-hydrogen) atoms. The van der Waals surface area contributed by atoms with Crippen molar-refractivity contribution in [3.05, 3.63) is 35.9 Å². The summed E-state index contributed by atoms with van der Waals surface area (Å²) in [6, 6.07) is 9.77. The van der Waals surface area contributed by atoms with E-state index < -0.39 is 5.60 Å². The highest BCUT2D eigenvalue weighted by Crippen LogP contribution is 2.36. The number of esters is 1. The van der Waals surface area contributed by atoms with Crippen molar-refractivity contribution in [2.45, 2.75) is 58.6 Å². The number of hydrogen-bond acceptors (Lipinski definition) is 4. The minimum Gasteiger partial charge on any atom is -0.466 e. The van der Waals surface area contributed by atoms with Crippen molar-refractivity contribution in [3.63, 3.8) is 0 Å². The molecule has 0 spiro atoms. The van der Waals surface area contributed by atoms with Gasteiger partial charge in [-0.05, 0) is 46.6 Å². The van der Waals surface area contributed by atoms with Crippen LogP contribution in [0.2, 0.25) is 0 Å². The topological polar surface area (TPSA) is 55.8 Å². The molecule has 5 heteroatoms. The van der Waals surface area contributed by atoms with E-state index in [1.54, 1.807) is 4.90 Å². The molecule has 1 heterocycles. The minimum absolute atomic E-state index is 0.0794. The minimum atomic E-state index is -0.545. The van der Waals surface area contributed by atoms with Gasteiger partial charge in [0.2, 0.25) is 0 Å². The molecule has 0 N–H and O–H groups in total. The van der Waals surface area contributed by atoms with Crippen LogP contribution in [0, 0.1) is 5.92 Å². The number of likely N-dealkylation sites (tertiary alicyclic amines) is 1. The van der Waals surface area contributed by atoms with Crippen LogP contribution >= 0.6 is 0 Å². The Labute approximate surface area is 150 Å². The highest BCUT2D eigenvalue weighted by molar-refractivity contribution is 5.75. The molecule has 0 bridgehead atoms. The number of carbonyl (C=O) groups excluding carboxylic acids is 2. The maximum absolute atomic E-state index is 12.6. The quantitative estimate of drug-likeness (QED) is 0.776. The van der Waals surface area contributed by atoms with E-state index in [4.69, 9.17) is 9.47 Å². The Morgan fingerprint density at radius 2 is 1.84 bits per heavy atom. The first-order valence-corrected chi connectivity index (χ1v) is 8.94. The molecule has 1 aromatic rings. The molecule has 3 atom stereocenters. The fourth-order valence-corrected chi connectivity index (χ4v) is 3.30. The maximum Gasteiger partial charge on any atom is 0.410 e. The van der Waals surface area contributed by atoms with Crippen LogP contribution in [-0.2, 0) is 14.3 Å². The van der Waals surface area contributed by atoms with Gasteiger partial charge in [-0.2, -0.15) is 0 Å². The molecule has 0 aromatic heterocycles. The maximum atomic E-state index is 12.6. The molecular formula is C20H29NO4. The van der Waals surface area contributed by atoms with Crippen LogP contribution in [0.1, 0.15) is 52.5 Å². The van der Waals surface area contributed by atoms with Gasteiger partial charge in [-0.15, -0.1) is 0 Å². The summed E-state index contributed by atoms with van der Waals surface area (Å²) >= 11 is 0. The molecular weight excluding hydrogens is 318 g/mol. The Kier molecular flexibility index (Phi) is 6.09. The third kappa shape index (κ3) is 4.97. The second-order valence-electron chi connectivity index (χ2n) is 7.59. The normalized spacial score (nSPS) is 23.9. The molecule has 1 saturated heterocycles. The zero-order chi connectivity index (χ0) is 18.6. The standard InChI is InChI=1S/C20H29NO4/c1-6-24-18(22)16-12-14(2)21(19(23)25-20(3,4)5)13-17(16)15-10-8-7-9-11-15/h7-11,14,16-17H,6,12-13H2,1-5H3/t14-,16?,17?/m1/s1. The lowest BCUT2D eigenvalue weighted by Gasteiger charge is -2.42. The Hall–Kier alpha value is -2.04.